The Balaban J connectivity index is -0.0000000873. The van der Waals surface area contributed by atoms with E-state index in [2.05, 4.69) is 29.8 Å². The van der Waals surface area contributed by atoms with Crippen LogP contribution in [0.1, 0.15) is 26.2 Å². The Morgan fingerprint density at radius 1 is 1.47 bits per heavy atom. The molecule has 0 aromatic carbocycles. The Kier molecular flexibility index (Phi) is 28.9. The number of hydrogen-bond donors (Lipinski definition) is 0. The molecule has 17 heavy (non-hydrogen) atoms. The molecule has 2 nitrogen and oxygen atoms in total. The first-order valence-electron chi connectivity index (χ1n) is 4.91. The van der Waals surface area contributed by atoms with Crippen molar-refractivity contribution < 1.29 is 51.3 Å². The average Bonchev–Trinajstić information content (AvgIpc) is 2.58. The summed E-state index contributed by atoms with van der Waals surface area (Å²) in [7, 11) is -0.629. The van der Waals surface area contributed by atoms with Crippen LogP contribution in [0.4, 0.5) is 0 Å². The van der Waals surface area contributed by atoms with Gasteiger partial charge in [-0.1, -0.05) is 19.8 Å². The van der Waals surface area contributed by atoms with Crippen molar-refractivity contribution in [1.29, 1.82) is 0 Å². The summed E-state index contributed by atoms with van der Waals surface area (Å²) in [5.41, 5.74) is 1.40. The first-order valence-corrected chi connectivity index (χ1v) is 7.36. The monoisotopic (exact) mass is 326 g/mol. The smallest absolute Gasteiger partial charge is 1.00 e. The zero-order valence-corrected chi connectivity index (χ0v) is 14.5. The molecule has 0 fully saturated rings. The minimum absolute atomic E-state index is 0. The molecule has 0 saturated carbocycles. The van der Waals surface area contributed by atoms with Crippen molar-refractivity contribution in [2.45, 2.75) is 39.3 Å². The number of allylic oxidation sites excluding steroid dienone is 4. The normalized spacial score (nSPS) is 10.4. The predicted octanol–water partition coefficient (Wildman–Crippen LogP) is -2.86. The topological polar surface area (TPSA) is 29.4 Å². The molecular weight excluding hydrogens is 309 g/mol. The van der Waals surface area contributed by atoms with Crippen molar-refractivity contribution in [1.82, 2.24) is 0 Å². The van der Waals surface area contributed by atoms with E-state index in [-0.39, 0.29) is 46.5 Å². The van der Waals surface area contributed by atoms with Gasteiger partial charge in [0.25, 0.3) is 0 Å². The second-order valence-corrected chi connectivity index (χ2v) is 5.39. The van der Waals surface area contributed by atoms with Crippen LogP contribution in [0.15, 0.2) is 22.4 Å². The maximum atomic E-state index is 9.47. The van der Waals surface area contributed by atoms with E-state index in [1.54, 1.807) is 0 Å². The number of amides is 1. The number of rotatable bonds is 3. The average molecular weight is 327 g/mol. The first-order chi connectivity index (χ1) is 6.70. The number of carbonyl (C=O) groups is 1. The number of nitrogens with zero attached hydrogens (tertiary/aromatic N) is 1. The molecule has 0 saturated heterocycles. The zero-order valence-electron chi connectivity index (χ0n) is 10.5. The van der Waals surface area contributed by atoms with Crippen molar-refractivity contribution in [2.75, 3.05) is 0 Å². The Morgan fingerprint density at radius 3 is 2.29 bits per heavy atom. The number of hydrogen-bond acceptors (Lipinski definition) is 1. The maximum absolute atomic E-state index is 9.47. The predicted molar refractivity (Wildman–Crippen MR) is 61.4 cm³/mol. The van der Waals surface area contributed by atoms with Crippen molar-refractivity contribution in [3.63, 3.8) is 0 Å². The fraction of sp³-hybridized carbons (Fsp3) is 0.545. The van der Waals surface area contributed by atoms with Gasteiger partial charge in [0.15, 0.2) is 0 Å². The van der Waals surface area contributed by atoms with Crippen LogP contribution < -0.4 is 24.8 Å². The minimum Gasteiger partial charge on any atom is -1.00 e. The van der Waals surface area contributed by atoms with Gasteiger partial charge in [0, 0.05) is 0 Å². The summed E-state index contributed by atoms with van der Waals surface area (Å²) in [4.78, 5) is 9.47. The van der Waals surface area contributed by atoms with E-state index in [0.29, 0.717) is 6.41 Å². The summed E-state index contributed by atoms with van der Waals surface area (Å²) < 4.78 is 3.55. The van der Waals surface area contributed by atoms with Crippen molar-refractivity contribution >= 4 is 15.0 Å². The summed E-state index contributed by atoms with van der Waals surface area (Å²) in [5.74, 6) is 0. The van der Waals surface area contributed by atoms with Gasteiger partial charge in [-0.15, -0.1) is 6.42 Å². The van der Waals surface area contributed by atoms with Crippen LogP contribution in [0.25, 0.3) is 0 Å². The van der Waals surface area contributed by atoms with E-state index in [0.717, 1.165) is 6.42 Å². The minimum atomic E-state index is -0.629. The van der Waals surface area contributed by atoms with Crippen LogP contribution in [0.5, 0.6) is 0 Å². The van der Waals surface area contributed by atoms with Gasteiger partial charge in [0.1, 0.15) is 8.59 Å². The van der Waals surface area contributed by atoms with E-state index in [9.17, 15) is 4.79 Å². The molecule has 95 valence electrons. The zero-order chi connectivity index (χ0) is 10.8. The first kappa shape index (κ1) is 26.1. The van der Waals surface area contributed by atoms with Gasteiger partial charge in [0.05, 0.1) is 0 Å². The maximum Gasteiger partial charge on any atom is 3.00 e. The molecule has 1 rings (SSSR count). The van der Waals surface area contributed by atoms with Gasteiger partial charge in [-0.25, -0.2) is 11.6 Å². The Hall–Kier alpha value is 0.461. The van der Waals surface area contributed by atoms with E-state index in [1.807, 2.05) is 13.1 Å². The van der Waals surface area contributed by atoms with Crippen LogP contribution in [0, 0.1) is 6.08 Å². The molecular formula is C11H18Cl2NOSiTi. The van der Waals surface area contributed by atoms with Crippen molar-refractivity contribution in [2.24, 2.45) is 4.63 Å². The molecule has 0 aliphatic heterocycles. The van der Waals surface area contributed by atoms with Gasteiger partial charge >= 0.3 is 21.7 Å². The van der Waals surface area contributed by atoms with Crippen LogP contribution >= 0.6 is 0 Å². The molecule has 1 radical (unpaired) electrons. The van der Waals surface area contributed by atoms with E-state index < -0.39 is 8.59 Å². The van der Waals surface area contributed by atoms with Crippen molar-refractivity contribution in [3.05, 3.63) is 23.8 Å². The quantitative estimate of drug-likeness (QED) is 0.312. The van der Waals surface area contributed by atoms with Gasteiger partial charge in [-0.05, 0) is 13.1 Å². The molecule has 1 amide bonds. The third-order valence-electron chi connectivity index (χ3n) is 1.60. The van der Waals surface area contributed by atoms with Gasteiger partial charge in [-0.3, -0.25) is 15.5 Å². The van der Waals surface area contributed by atoms with Crippen LogP contribution in [0.2, 0.25) is 13.1 Å². The molecule has 0 N–H and O–H groups in total. The van der Waals surface area contributed by atoms with E-state index >= 15 is 0 Å². The van der Waals surface area contributed by atoms with Crippen molar-refractivity contribution in [3.8, 4) is 0 Å². The number of halogens is 2. The molecule has 6 heteroatoms. The number of carbonyl (C=O) groups excluding carboxylic acids is 1. The summed E-state index contributed by atoms with van der Waals surface area (Å²) in [6.45, 7) is 6.11. The molecule has 0 heterocycles. The van der Waals surface area contributed by atoms with Crippen LogP contribution in [0.3, 0.4) is 0 Å². The fourth-order valence-corrected chi connectivity index (χ4v) is 1.21. The summed E-state index contributed by atoms with van der Waals surface area (Å²) in [6.07, 6.45) is 11.7. The van der Waals surface area contributed by atoms with Gasteiger partial charge < -0.3 is 24.8 Å². The second kappa shape index (κ2) is 18.8. The molecule has 0 bridgehead atoms. The SMILES string of the molecule is CCCC1=[C-]CC=C1.C[Si](C)=NC=O.[Cl-].[Cl-].[Ti+3]. The summed E-state index contributed by atoms with van der Waals surface area (Å²) >= 11 is 0. The second-order valence-electron chi connectivity index (χ2n) is 3.24. The molecule has 0 aromatic heterocycles. The fourth-order valence-electron chi connectivity index (χ4n) is 0.997. The molecule has 0 unspecified atom stereocenters. The van der Waals surface area contributed by atoms with E-state index in [1.165, 1.54) is 18.4 Å². The largest absolute Gasteiger partial charge is 3.00 e. The third kappa shape index (κ3) is 19.0. The molecule has 1 aliphatic carbocycles. The van der Waals surface area contributed by atoms with Crippen LogP contribution in [-0.4, -0.2) is 15.0 Å². The van der Waals surface area contributed by atoms with Gasteiger partial charge in [-0.2, -0.15) is 6.08 Å². The Labute approximate surface area is 133 Å². The Morgan fingerprint density at radius 2 is 2.06 bits per heavy atom. The summed E-state index contributed by atoms with van der Waals surface area (Å²) in [6, 6.07) is 0. The molecule has 0 spiro atoms. The van der Waals surface area contributed by atoms with Gasteiger partial charge in [0.2, 0.25) is 6.41 Å². The Bertz CT molecular complexity index is 264. The molecule has 0 aromatic rings. The molecule has 1 aliphatic rings. The summed E-state index contributed by atoms with van der Waals surface area (Å²) in [5, 5.41) is 0. The third-order valence-corrected chi connectivity index (χ3v) is 2.22. The van der Waals surface area contributed by atoms with Crippen LogP contribution in [-0.2, 0) is 26.5 Å². The standard InChI is InChI=1S/C8H11.C3H7NOSi.2ClH.Ti/c1-2-5-8-6-3-4-7-8;1-6(2)4-3-5;;;/h3,6H,2,4-5H2,1H3;3H,1-2H3;2*1H;/q-1;;;;+3/p-2. The van der Waals surface area contributed by atoms with E-state index in [4.69, 9.17) is 0 Å². The molecule has 0 atom stereocenters.